The molecule has 0 saturated heterocycles. The second-order valence-electron chi connectivity index (χ2n) is 5.81. The Bertz CT molecular complexity index is 605. The van der Waals surface area contributed by atoms with Gasteiger partial charge in [-0.3, -0.25) is 4.79 Å². The van der Waals surface area contributed by atoms with Gasteiger partial charge in [0, 0.05) is 25.7 Å². The number of likely N-dealkylation sites (N-methyl/N-ethyl adjacent to an activating group) is 2. The van der Waals surface area contributed by atoms with Crippen LogP contribution in [0.3, 0.4) is 0 Å². The lowest BCUT2D eigenvalue weighted by molar-refractivity contribution is 0.0797. The summed E-state index contributed by atoms with van der Waals surface area (Å²) >= 11 is 0. The molecule has 1 aromatic carbocycles. The van der Waals surface area contributed by atoms with Crippen molar-refractivity contribution in [2.45, 2.75) is 35.8 Å². The Balaban J connectivity index is 2.11. The molecule has 0 spiro atoms. The number of amides is 1. The highest BCUT2D eigenvalue weighted by atomic mass is 32.2. The molecule has 0 atom stereocenters. The second kappa shape index (κ2) is 7.24. The van der Waals surface area contributed by atoms with E-state index in [0.717, 1.165) is 32.2 Å². The quantitative estimate of drug-likeness (QED) is 0.865. The molecule has 2 rings (SSSR count). The van der Waals surface area contributed by atoms with Gasteiger partial charge in [-0.15, -0.1) is 0 Å². The molecule has 22 heavy (non-hydrogen) atoms. The number of benzene rings is 1. The van der Waals surface area contributed by atoms with Crippen molar-refractivity contribution in [1.29, 1.82) is 0 Å². The SMILES string of the molecule is CNCCN(C)C(=O)c1ccc(S(=O)(=O)C2CCCC2)cc1. The molecule has 1 aliphatic carbocycles. The molecule has 0 unspecified atom stereocenters. The van der Waals surface area contributed by atoms with Gasteiger partial charge in [-0.2, -0.15) is 0 Å². The largest absolute Gasteiger partial charge is 0.340 e. The highest BCUT2D eigenvalue weighted by Crippen LogP contribution is 2.29. The van der Waals surface area contributed by atoms with Gasteiger partial charge >= 0.3 is 0 Å². The minimum Gasteiger partial charge on any atom is -0.340 e. The molecular weight excluding hydrogens is 300 g/mol. The number of carbonyl (C=O) groups is 1. The minimum atomic E-state index is -3.25. The maximum Gasteiger partial charge on any atom is 0.253 e. The zero-order chi connectivity index (χ0) is 16.2. The Morgan fingerprint density at radius 2 is 1.82 bits per heavy atom. The molecule has 0 aromatic heterocycles. The van der Waals surface area contributed by atoms with Gasteiger partial charge in [0.15, 0.2) is 9.84 Å². The fraction of sp³-hybridized carbons (Fsp3) is 0.562. The van der Waals surface area contributed by atoms with Crippen LogP contribution in [0, 0.1) is 0 Å². The Kier molecular flexibility index (Phi) is 5.58. The molecule has 5 nitrogen and oxygen atoms in total. The van der Waals surface area contributed by atoms with Crippen molar-refractivity contribution in [3.8, 4) is 0 Å². The van der Waals surface area contributed by atoms with Crippen molar-refractivity contribution in [2.75, 3.05) is 27.2 Å². The summed E-state index contributed by atoms with van der Waals surface area (Å²) in [6, 6.07) is 6.35. The zero-order valence-electron chi connectivity index (χ0n) is 13.2. The first-order valence-electron chi connectivity index (χ1n) is 7.71. The van der Waals surface area contributed by atoms with E-state index in [2.05, 4.69) is 5.32 Å². The van der Waals surface area contributed by atoms with E-state index in [1.54, 1.807) is 36.2 Å². The summed E-state index contributed by atoms with van der Waals surface area (Å²) < 4.78 is 25.0. The first kappa shape index (κ1) is 17.0. The molecule has 1 aliphatic rings. The topological polar surface area (TPSA) is 66.5 Å². The standard InChI is InChI=1S/C16H24N2O3S/c1-17-11-12-18(2)16(19)13-7-9-15(10-8-13)22(20,21)14-5-3-4-6-14/h7-10,14,17H,3-6,11-12H2,1-2H3. The third-order valence-corrected chi connectivity index (χ3v) is 6.49. The van der Waals surface area contributed by atoms with Crippen molar-refractivity contribution in [1.82, 2.24) is 10.2 Å². The number of nitrogens with one attached hydrogen (secondary N) is 1. The lowest BCUT2D eigenvalue weighted by atomic mass is 10.2. The van der Waals surface area contributed by atoms with Crippen LogP contribution in [0.2, 0.25) is 0 Å². The van der Waals surface area contributed by atoms with Crippen molar-refractivity contribution >= 4 is 15.7 Å². The molecule has 0 heterocycles. The lowest BCUT2D eigenvalue weighted by Gasteiger charge is -2.17. The van der Waals surface area contributed by atoms with Crippen molar-refractivity contribution < 1.29 is 13.2 Å². The van der Waals surface area contributed by atoms with Crippen molar-refractivity contribution in [3.05, 3.63) is 29.8 Å². The van der Waals surface area contributed by atoms with Gasteiger partial charge < -0.3 is 10.2 Å². The van der Waals surface area contributed by atoms with Crippen molar-refractivity contribution in [2.24, 2.45) is 0 Å². The van der Waals surface area contributed by atoms with Gasteiger partial charge in [-0.1, -0.05) is 12.8 Å². The van der Waals surface area contributed by atoms with E-state index in [1.807, 2.05) is 7.05 Å². The molecular formula is C16H24N2O3S. The van der Waals surface area contributed by atoms with Crippen LogP contribution in [-0.4, -0.2) is 51.7 Å². The molecule has 122 valence electrons. The molecule has 0 bridgehead atoms. The summed E-state index contributed by atoms with van der Waals surface area (Å²) in [6.07, 6.45) is 3.46. The zero-order valence-corrected chi connectivity index (χ0v) is 14.0. The lowest BCUT2D eigenvalue weighted by Crippen LogP contribution is -2.32. The number of rotatable bonds is 6. The average molecular weight is 324 g/mol. The third kappa shape index (κ3) is 3.67. The minimum absolute atomic E-state index is 0.0972. The van der Waals surface area contributed by atoms with E-state index in [4.69, 9.17) is 0 Å². The van der Waals surface area contributed by atoms with Crippen LogP contribution in [0.5, 0.6) is 0 Å². The van der Waals surface area contributed by atoms with E-state index in [9.17, 15) is 13.2 Å². The normalized spacial score (nSPS) is 15.9. The Hall–Kier alpha value is -1.40. The molecule has 0 aliphatic heterocycles. The number of sulfone groups is 1. The highest BCUT2D eigenvalue weighted by molar-refractivity contribution is 7.92. The molecule has 1 aromatic rings. The van der Waals surface area contributed by atoms with Crippen LogP contribution in [0.1, 0.15) is 36.0 Å². The van der Waals surface area contributed by atoms with Gasteiger partial charge in [-0.25, -0.2) is 8.42 Å². The van der Waals surface area contributed by atoms with Crippen molar-refractivity contribution in [3.63, 3.8) is 0 Å². The monoisotopic (exact) mass is 324 g/mol. The van der Waals surface area contributed by atoms with Crippen LogP contribution in [0.15, 0.2) is 29.2 Å². The summed E-state index contributed by atoms with van der Waals surface area (Å²) in [6.45, 7) is 1.33. The first-order chi connectivity index (χ1) is 10.5. The second-order valence-corrected chi connectivity index (χ2v) is 8.03. The van der Waals surface area contributed by atoms with Gasteiger partial charge in [0.25, 0.3) is 5.91 Å². The number of carbonyl (C=O) groups excluding carboxylic acids is 1. The smallest absolute Gasteiger partial charge is 0.253 e. The summed E-state index contributed by atoms with van der Waals surface area (Å²) in [4.78, 5) is 14.2. The molecule has 1 fully saturated rings. The van der Waals surface area contributed by atoms with Gasteiger partial charge in [0.2, 0.25) is 0 Å². The summed E-state index contributed by atoms with van der Waals surface area (Å²) in [7, 11) is 0.323. The van der Waals surface area contributed by atoms with Crippen LogP contribution < -0.4 is 5.32 Å². The maximum absolute atomic E-state index is 12.5. The van der Waals surface area contributed by atoms with E-state index in [1.165, 1.54) is 0 Å². The fourth-order valence-corrected chi connectivity index (χ4v) is 4.63. The average Bonchev–Trinajstić information content (AvgIpc) is 3.07. The van der Waals surface area contributed by atoms with Crippen LogP contribution >= 0.6 is 0 Å². The molecule has 1 amide bonds. The van der Waals surface area contributed by atoms with E-state index in [-0.39, 0.29) is 11.2 Å². The molecule has 1 N–H and O–H groups in total. The number of hydrogen-bond acceptors (Lipinski definition) is 4. The van der Waals surface area contributed by atoms with E-state index >= 15 is 0 Å². The maximum atomic E-state index is 12.5. The summed E-state index contributed by atoms with van der Waals surface area (Å²) in [5.41, 5.74) is 0.518. The number of hydrogen-bond donors (Lipinski definition) is 1. The van der Waals surface area contributed by atoms with E-state index < -0.39 is 9.84 Å². The van der Waals surface area contributed by atoms with Gasteiger partial charge in [-0.05, 0) is 44.2 Å². The highest BCUT2D eigenvalue weighted by Gasteiger charge is 2.30. The fourth-order valence-electron chi connectivity index (χ4n) is 2.78. The Morgan fingerprint density at radius 1 is 1.23 bits per heavy atom. The number of nitrogens with zero attached hydrogens (tertiary/aromatic N) is 1. The summed E-state index contributed by atoms with van der Waals surface area (Å²) in [5, 5.41) is 2.73. The third-order valence-electron chi connectivity index (χ3n) is 4.21. The van der Waals surface area contributed by atoms with Crippen LogP contribution in [0.25, 0.3) is 0 Å². The molecule has 1 saturated carbocycles. The Labute approximate surface area is 132 Å². The predicted molar refractivity (Wildman–Crippen MR) is 86.8 cm³/mol. The summed E-state index contributed by atoms with van der Waals surface area (Å²) in [5.74, 6) is -0.0972. The van der Waals surface area contributed by atoms with Gasteiger partial charge in [0.05, 0.1) is 10.1 Å². The first-order valence-corrected chi connectivity index (χ1v) is 9.25. The van der Waals surface area contributed by atoms with Gasteiger partial charge in [0.1, 0.15) is 0 Å². The molecule has 6 heteroatoms. The molecule has 0 radical (unpaired) electrons. The Morgan fingerprint density at radius 3 is 2.36 bits per heavy atom. The van der Waals surface area contributed by atoms with E-state index in [0.29, 0.717) is 17.0 Å². The predicted octanol–water partition coefficient (Wildman–Crippen LogP) is 1.69. The van der Waals surface area contributed by atoms with Crippen LogP contribution in [0.4, 0.5) is 0 Å². The van der Waals surface area contributed by atoms with Crippen LogP contribution in [-0.2, 0) is 9.84 Å².